The number of likely N-dealkylation sites (tertiary alicyclic amines) is 1. The van der Waals surface area contributed by atoms with Gasteiger partial charge < -0.3 is 4.74 Å². The Labute approximate surface area is 127 Å². The zero-order valence-electron chi connectivity index (χ0n) is 12.9. The minimum absolute atomic E-state index is 0.0558. The fraction of sp³-hybridized carbons (Fsp3) is 0.611. The highest BCUT2D eigenvalue weighted by Crippen LogP contribution is 2.45. The van der Waals surface area contributed by atoms with Crippen molar-refractivity contribution in [1.82, 2.24) is 4.90 Å². The van der Waals surface area contributed by atoms with Crippen LogP contribution in [0.5, 0.6) is 0 Å². The molecule has 2 aliphatic rings. The Hall–Kier alpha value is -1.35. The highest BCUT2D eigenvalue weighted by molar-refractivity contribution is 5.72. The molecule has 0 amide bonds. The largest absolute Gasteiger partial charge is 0.466 e. The van der Waals surface area contributed by atoms with Crippen LogP contribution in [0.1, 0.15) is 50.2 Å². The summed E-state index contributed by atoms with van der Waals surface area (Å²) in [7, 11) is 0. The topological polar surface area (TPSA) is 29.5 Å². The minimum Gasteiger partial charge on any atom is -0.466 e. The number of carbonyl (C=O) groups is 1. The summed E-state index contributed by atoms with van der Waals surface area (Å²) in [5, 5.41) is 0. The first-order chi connectivity index (χ1) is 10.3. The van der Waals surface area contributed by atoms with Gasteiger partial charge in [-0.2, -0.15) is 0 Å². The summed E-state index contributed by atoms with van der Waals surface area (Å²) in [5.74, 6) is -0.0558. The lowest BCUT2D eigenvalue weighted by atomic mass is 9.84. The summed E-state index contributed by atoms with van der Waals surface area (Å²) in [5.41, 5.74) is 2.65. The van der Waals surface area contributed by atoms with Crippen LogP contribution >= 0.6 is 0 Å². The van der Waals surface area contributed by atoms with Crippen LogP contribution in [-0.4, -0.2) is 30.6 Å². The van der Waals surface area contributed by atoms with Gasteiger partial charge in [0.1, 0.15) is 0 Å². The Kier molecular flexibility index (Phi) is 4.29. The zero-order valence-corrected chi connectivity index (χ0v) is 12.9. The van der Waals surface area contributed by atoms with Crippen molar-refractivity contribution in [3.05, 3.63) is 35.4 Å². The Morgan fingerprint density at radius 3 is 2.76 bits per heavy atom. The van der Waals surface area contributed by atoms with E-state index in [2.05, 4.69) is 29.2 Å². The molecule has 1 aliphatic carbocycles. The van der Waals surface area contributed by atoms with Gasteiger partial charge in [0, 0.05) is 0 Å². The molecule has 0 radical (unpaired) electrons. The van der Waals surface area contributed by atoms with Crippen LogP contribution in [-0.2, 0) is 21.5 Å². The van der Waals surface area contributed by atoms with Crippen LogP contribution in [0, 0.1) is 0 Å². The maximum Gasteiger partial charge on any atom is 0.308 e. The first-order valence-electron chi connectivity index (χ1n) is 8.25. The number of aryl methyl sites for hydroxylation is 1. The molecule has 0 spiro atoms. The molecule has 1 aromatic carbocycles. The molecule has 0 aromatic heterocycles. The zero-order chi connectivity index (χ0) is 14.7. The van der Waals surface area contributed by atoms with Crippen LogP contribution in [0.25, 0.3) is 0 Å². The van der Waals surface area contributed by atoms with E-state index in [4.69, 9.17) is 4.74 Å². The number of ether oxygens (including phenoxy) is 1. The molecule has 1 aliphatic heterocycles. The Morgan fingerprint density at radius 1 is 1.24 bits per heavy atom. The van der Waals surface area contributed by atoms with E-state index in [0.29, 0.717) is 13.0 Å². The normalized spacial score (nSPS) is 25.6. The maximum atomic E-state index is 12.2. The lowest BCUT2D eigenvalue weighted by Gasteiger charge is -2.43. The van der Waals surface area contributed by atoms with Crippen molar-refractivity contribution in [2.75, 3.05) is 19.7 Å². The van der Waals surface area contributed by atoms with E-state index in [1.54, 1.807) is 0 Å². The average Bonchev–Trinajstić information content (AvgIpc) is 2.89. The number of hydrogen-bond donors (Lipinski definition) is 0. The second-order valence-electron chi connectivity index (χ2n) is 6.22. The van der Waals surface area contributed by atoms with Gasteiger partial charge in [-0.1, -0.05) is 30.7 Å². The summed E-state index contributed by atoms with van der Waals surface area (Å²) in [6.45, 7) is 4.56. The van der Waals surface area contributed by atoms with E-state index in [1.807, 2.05) is 6.92 Å². The molecule has 0 N–H and O–H groups in total. The number of benzene rings is 1. The molecule has 1 atom stereocenters. The predicted octanol–water partition coefficient (Wildman–Crippen LogP) is 3.27. The van der Waals surface area contributed by atoms with Gasteiger partial charge in [-0.05, 0) is 56.8 Å². The fourth-order valence-electron chi connectivity index (χ4n) is 4.07. The molecule has 1 unspecified atom stereocenters. The molecule has 3 heteroatoms. The van der Waals surface area contributed by atoms with Gasteiger partial charge in [0.05, 0.1) is 18.6 Å². The van der Waals surface area contributed by atoms with Crippen LogP contribution in [0.4, 0.5) is 0 Å². The second kappa shape index (κ2) is 6.18. The monoisotopic (exact) mass is 287 g/mol. The van der Waals surface area contributed by atoms with Gasteiger partial charge in [-0.3, -0.25) is 9.69 Å². The van der Waals surface area contributed by atoms with E-state index in [1.165, 1.54) is 30.4 Å². The van der Waals surface area contributed by atoms with Crippen molar-refractivity contribution in [2.45, 2.75) is 51.0 Å². The van der Waals surface area contributed by atoms with Gasteiger partial charge in [-0.15, -0.1) is 0 Å². The molecule has 1 fully saturated rings. The maximum absolute atomic E-state index is 12.2. The molecule has 3 nitrogen and oxygen atoms in total. The molecule has 0 saturated carbocycles. The standard InChI is InChI=1S/C18H25NO2/c1-2-21-17(20)14-18(19-12-6-3-7-13-19)11-10-15-8-4-5-9-16(15)18/h4-5,8-9H,2-3,6-7,10-14H2,1H3. The molecular formula is C18H25NO2. The summed E-state index contributed by atoms with van der Waals surface area (Å²) in [6, 6.07) is 8.64. The van der Waals surface area contributed by atoms with E-state index in [-0.39, 0.29) is 11.5 Å². The van der Waals surface area contributed by atoms with Crippen molar-refractivity contribution in [3.8, 4) is 0 Å². The SMILES string of the molecule is CCOC(=O)CC1(N2CCCCC2)CCc2ccccc21. The molecule has 3 rings (SSSR count). The summed E-state index contributed by atoms with van der Waals surface area (Å²) < 4.78 is 5.27. The van der Waals surface area contributed by atoms with E-state index < -0.39 is 0 Å². The third kappa shape index (κ3) is 2.71. The van der Waals surface area contributed by atoms with Gasteiger partial charge >= 0.3 is 5.97 Å². The third-order valence-corrected chi connectivity index (χ3v) is 5.03. The number of carbonyl (C=O) groups excluding carboxylic acids is 1. The van der Waals surface area contributed by atoms with Crippen LogP contribution in [0.3, 0.4) is 0 Å². The van der Waals surface area contributed by atoms with E-state index >= 15 is 0 Å². The molecule has 1 saturated heterocycles. The van der Waals surface area contributed by atoms with Crippen molar-refractivity contribution in [3.63, 3.8) is 0 Å². The molecular weight excluding hydrogens is 262 g/mol. The van der Waals surface area contributed by atoms with Gasteiger partial charge in [-0.25, -0.2) is 0 Å². The van der Waals surface area contributed by atoms with Gasteiger partial charge in [0.2, 0.25) is 0 Å². The van der Waals surface area contributed by atoms with E-state index in [0.717, 1.165) is 25.9 Å². The second-order valence-corrected chi connectivity index (χ2v) is 6.22. The Balaban J connectivity index is 1.93. The summed E-state index contributed by atoms with van der Waals surface area (Å²) in [4.78, 5) is 14.8. The lowest BCUT2D eigenvalue weighted by molar-refractivity contribution is -0.147. The van der Waals surface area contributed by atoms with Crippen LogP contribution < -0.4 is 0 Å². The van der Waals surface area contributed by atoms with Crippen molar-refractivity contribution < 1.29 is 9.53 Å². The van der Waals surface area contributed by atoms with Gasteiger partial charge in [0.25, 0.3) is 0 Å². The number of hydrogen-bond acceptors (Lipinski definition) is 3. The predicted molar refractivity (Wildman–Crippen MR) is 83.1 cm³/mol. The molecule has 1 aromatic rings. The van der Waals surface area contributed by atoms with Crippen molar-refractivity contribution in [1.29, 1.82) is 0 Å². The molecule has 21 heavy (non-hydrogen) atoms. The van der Waals surface area contributed by atoms with Gasteiger partial charge in [0.15, 0.2) is 0 Å². The quantitative estimate of drug-likeness (QED) is 0.796. The Morgan fingerprint density at radius 2 is 2.00 bits per heavy atom. The number of piperidine rings is 1. The van der Waals surface area contributed by atoms with Crippen LogP contribution in [0.15, 0.2) is 24.3 Å². The third-order valence-electron chi connectivity index (χ3n) is 5.03. The highest BCUT2D eigenvalue weighted by atomic mass is 16.5. The van der Waals surface area contributed by atoms with Crippen molar-refractivity contribution >= 4 is 5.97 Å². The number of rotatable bonds is 4. The number of fused-ring (bicyclic) bond motifs is 1. The average molecular weight is 287 g/mol. The fourth-order valence-corrected chi connectivity index (χ4v) is 4.07. The summed E-state index contributed by atoms with van der Waals surface area (Å²) >= 11 is 0. The molecule has 114 valence electrons. The minimum atomic E-state index is -0.122. The summed E-state index contributed by atoms with van der Waals surface area (Å²) in [6.07, 6.45) is 6.42. The Bertz CT molecular complexity index is 508. The van der Waals surface area contributed by atoms with Crippen molar-refractivity contribution in [2.24, 2.45) is 0 Å². The first kappa shape index (κ1) is 14.6. The first-order valence-corrected chi connectivity index (χ1v) is 8.25. The molecule has 1 heterocycles. The lowest BCUT2D eigenvalue weighted by Crippen LogP contribution is -2.48. The van der Waals surface area contributed by atoms with Crippen LogP contribution in [0.2, 0.25) is 0 Å². The number of esters is 1. The molecule has 0 bridgehead atoms. The van der Waals surface area contributed by atoms with E-state index in [9.17, 15) is 4.79 Å². The number of nitrogens with zero attached hydrogens (tertiary/aromatic N) is 1. The highest BCUT2D eigenvalue weighted by Gasteiger charge is 2.45. The smallest absolute Gasteiger partial charge is 0.308 e.